The average molecular weight is 479 g/mol. The number of aryl methyl sites for hydroxylation is 2. The largest absolute Gasteiger partial charge is 0.361 e. The highest BCUT2D eigenvalue weighted by Gasteiger charge is 2.19. The summed E-state index contributed by atoms with van der Waals surface area (Å²) in [6, 6.07) is 0. The number of likely N-dealkylation sites (N-methyl/N-ethyl adjacent to an activating group) is 1. The third-order valence-electron chi connectivity index (χ3n) is 3.69. The van der Waals surface area contributed by atoms with E-state index in [0.29, 0.717) is 12.5 Å². The van der Waals surface area contributed by atoms with Crippen molar-refractivity contribution in [3.8, 4) is 0 Å². The van der Waals surface area contributed by atoms with Crippen LogP contribution in [0.1, 0.15) is 57.6 Å². The summed E-state index contributed by atoms with van der Waals surface area (Å²) < 4.78 is 5.24. The Morgan fingerprint density at radius 1 is 1.35 bits per heavy atom. The number of carbonyl (C=O) groups excluding carboxylic acids is 1. The summed E-state index contributed by atoms with van der Waals surface area (Å²) in [6.45, 7) is 15.5. The quantitative estimate of drug-likeness (QED) is 0.373. The lowest BCUT2D eigenvalue weighted by Crippen LogP contribution is -2.48. The van der Waals surface area contributed by atoms with Gasteiger partial charge in [-0.25, -0.2) is 0 Å². The summed E-state index contributed by atoms with van der Waals surface area (Å²) in [5.74, 6) is 1.71. The first-order valence-electron chi connectivity index (χ1n) is 8.78. The molecule has 0 saturated heterocycles. The highest BCUT2D eigenvalue weighted by Crippen LogP contribution is 2.23. The molecular formula is C18H34IN5O2. The Hall–Kier alpha value is -1.32. The number of carbonyl (C=O) groups is 1. The lowest BCUT2D eigenvalue weighted by atomic mass is 10.00. The van der Waals surface area contributed by atoms with Gasteiger partial charge in [0.25, 0.3) is 0 Å². The summed E-state index contributed by atoms with van der Waals surface area (Å²) in [5.41, 5.74) is 1.77. The molecular weight excluding hydrogens is 445 g/mol. The second kappa shape index (κ2) is 10.7. The zero-order chi connectivity index (χ0) is 19.2. The number of nitrogens with zero attached hydrogens (tertiary/aromatic N) is 3. The standard InChI is InChI=1S/C18H33N5O2.HI/c1-9-19-17(23(8)11-15(24)21-18(5,6)7)20-10-12(2)16-13(3)22-25-14(16)4;/h12H,9-11H2,1-8H3,(H,19,20)(H,21,24);1H. The molecule has 1 aromatic rings. The van der Waals surface area contributed by atoms with Crippen LogP contribution < -0.4 is 10.6 Å². The van der Waals surface area contributed by atoms with Gasteiger partial charge in [0.05, 0.1) is 12.2 Å². The van der Waals surface area contributed by atoms with Crippen molar-refractivity contribution in [2.45, 2.75) is 59.9 Å². The number of hydrogen-bond donors (Lipinski definition) is 2. The molecule has 0 aliphatic carbocycles. The third-order valence-corrected chi connectivity index (χ3v) is 3.69. The van der Waals surface area contributed by atoms with E-state index in [4.69, 9.17) is 4.52 Å². The van der Waals surface area contributed by atoms with Crippen LogP contribution in [0, 0.1) is 13.8 Å². The van der Waals surface area contributed by atoms with Crippen molar-refractivity contribution in [2.75, 3.05) is 26.7 Å². The minimum absolute atomic E-state index is 0. The summed E-state index contributed by atoms with van der Waals surface area (Å²) >= 11 is 0. The van der Waals surface area contributed by atoms with E-state index in [2.05, 4.69) is 27.7 Å². The Morgan fingerprint density at radius 3 is 2.42 bits per heavy atom. The van der Waals surface area contributed by atoms with Crippen LogP contribution in [0.3, 0.4) is 0 Å². The average Bonchev–Trinajstić information content (AvgIpc) is 2.80. The molecule has 0 radical (unpaired) electrons. The molecule has 1 atom stereocenters. The Labute approximate surface area is 174 Å². The Kier molecular flexibility index (Phi) is 10.2. The lowest BCUT2D eigenvalue weighted by Gasteiger charge is -2.25. The molecule has 7 nitrogen and oxygen atoms in total. The van der Waals surface area contributed by atoms with Gasteiger partial charge in [-0.05, 0) is 41.5 Å². The second-order valence-corrected chi connectivity index (χ2v) is 7.49. The van der Waals surface area contributed by atoms with E-state index in [1.807, 2.05) is 53.5 Å². The molecule has 0 bridgehead atoms. The van der Waals surface area contributed by atoms with E-state index in [1.54, 1.807) is 0 Å². The SMILES string of the molecule is CCNC(=NCC(C)c1c(C)noc1C)N(C)CC(=O)NC(C)(C)C.I. The van der Waals surface area contributed by atoms with E-state index >= 15 is 0 Å². The third kappa shape index (κ3) is 7.92. The highest BCUT2D eigenvalue weighted by atomic mass is 127. The van der Waals surface area contributed by atoms with Crippen LogP contribution in [0.25, 0.3) is 0 Å². The normalized spacial score (nSPS) is 13.0. The van der Waals surface area contributed by atoms with E-state index in [1.165, 1.54) is 0 Å². The fourth-order valence-electron chi connectivity index (χ4n) is 2.73. The van der Waals surface area contributed by atoms with E-state index in [0.717, 1.165) is 23.6 Å². The molecule has 0 fully saturated rings. The molecule has 0 aliphatic heterocycles. The zero-order valence-electron chi connectivity index (χ0n) is 17.3. The van der Waals surface area contributed by atoms with Gasteiger partial charge in [0.15, 0.2) is 5.96 Å². The van der Waals surface area contributed by atoms with Gasteiger partial charge in [0, 0.05) is 37.2 Å². The van der Waals surface area contributed by atoms with E-state index < -0.39 is 0 Å². The van der Waals surface area contributed by atoms with Gasteiger partial charge in [-0.15, -0.1) is 24.0 Å². The van der Waals surface area contributed by atoms with Gasteiger partial charge in [-0.1, -0.05) is 12.1 Å². The minimum atomic E-state index is -0.245. The molecule has 26 heavy (non-hydrogen) atoms. The predicted molar refractivity (Wildman–Crippen MR) is 116 cm³/mol. The molecule has 1 rings (SSSR count). The number of halogens is 1. The van der Waals surface area contributed by atoms with Crippen LogP contribution in [-0.4, -0.2) is 54.1 Å². The molecule has 1 heterocycles. The van der Waals surface area contributed by atoms with Crippen molar-refractivity contribution in [3.05, 3.63) is 17.0 Å². The molecule has 2 N–H and O–H groups in total. The number of guanidine groups is 1. The van der Waals surface area contributed by atoms with Crippen LogP contribution in [-0.2, 0) is 4.79 Å². The van der Waals surface area contributed by atoms with Crippen molar-refractivity contribution in [2.24, 2.45) is 4.99 Å². The molecule has 8 heteroatoms. The van der Waals surface area contributed by atoms with Crippen molar-refractivity contribution < 1.29 is 9.32 Å². The molecule has 1 amide bonds. The van der Waals surface area contributed by atoms with Crippen LogP contribution in [0.15, 0.2) is 9.52 Å². The van der Waals surface area contributed by atoms with Gasteiger partial charge in [-0.2, -0.15) is 0 Å². The Balaban J connectivity index is 0.00000625. The van der Waals surface area contributed by atoms with Gasteiger partial charge < -0.3 is 20.1 Å². The number of amides is 1. The number of aliphatic imine (C=N–C) groups is 1. The molecule has 150 valence electrons. The van der Waals surface area contributed by atoms with Gasteiger partial charge in [0.2, 0.25) is 5.91 Å². The molecule has 0 spiro atoms. The summed E-state index contributed by atoms with van der Waals surface area (Å²) in [7, 11) is 1.87. The van der Waals surface area contributed by atoms with Crippen molar-refractivity contribution in [1.82, 2.24) is 20.7 Å². The first-order chi connectivity index (χ1) is 11.5. The number of rotatable bonds is 6. The summed E-state index contributed by atoms with van der Waals surface area (Å²) in [5, 5.41) is 10.2. The van der Waals surface area contributed by atoms with Gasteiger partial charge >= 0.3 is 0 Å². The number of nitrogens with one attached hydrogen (secondary N) is 2. The lowest BCUT2D eigenvalue weighted by molar-refractivity contribution is -0.122. The molecule has 1 unspecified atom stereocenters. The number of hydrogen-bond acceptors (Lipinski definition) is 4. The minimum Gasteiger partial charge on any atom is -0.361 e. The molecule has 0 aromatic carbocycles. The number of aromatic nitrogens is 1. The maximum atomic E-state index is 12.1. The fraction of sp³-hybridized carbons (Fsp3) is 0.722. The summed E-state index contributed by atoms with van der Waals surface area (Å²) in [4.78, 5) is 18.7. The Morgan fingerprint density at radius 2 is 1.96 bits per heavy atom. The van der Waals surface area contributed by atoms with Gasteiger partial charge in [-0.3, -0.25) is 9.79 Å². The maximum Gasteiger partial charge on any atom is 0.240 e. The van der Waals surface area contributed by atoms with E-state index in [9.17, 15) is 4.79 Å². The second-order valence-electron chi connectivity index (χ2n) is 7.49. The smallest absolute Gasteiger partial charge is 0.240 e. The zero-order valence-corrected chi connectivity index (χ0v) is 19.6. The monoisotopic (exact) mass is 479 g/mol. The highest BCUT2D eigenvalue weighted by molar-refractivity contribution is 14.0. The van der Waals surface area contributed by atoms with Gasteiger partial charge in [0.1, 0.15) is 5.76 Å². The first kappa shape index (κ1) is 24.7. The first-order valence-corrected chi connectivity index (χ1v) is 8.78. The van der Waals surface area contributed by atoms with Crippen molar-refractivity contribution in [1.29, 1.82) is 0 Å². The maximum absolute atomic E-state index is 12.1. The van der Waals surface area contributed by atoms with Crippen molar-refractivity contribution in [3.63, 3.8) is 0 Å². The topological polar surface area (TPSA) is 82.8 Å². The fourth-order valence-corrected chi connectivity index (χ4v) is 2.73. The Bertz CT molecular complexity index is 588. The molecule has 1 aromatic heterocycles. The van der Waals surface area contributed by atoms with Crippen molar-refractivity contribution >= 4 is 35.8 Å². The predicted octanol–water partition coefficient (Wildman–Crippen LogP) is 2.82. The van der Waals surface area contributed by atoms with E-state index in [-0.39, 0.29) is 47.9 Å². The summed E-state index contributed by atoms with van der Waals surface area (Å²) in [6.07, 6.45) is 0. The van der Waals surface area contributed by atoms with Crippen LogP contribution >= 0.6 is 24.0 Å². The van der Waals surface area contributed by atoms with Crippen LogP contribution in [0.2, 0.25) is 0 Å². The molecule has 0 aliphatic rings. The van der Waals surface area contributed by atoms with Crippen LogP contribution in [0.4, 0.5) is 0 Å². The van der Waals surface area contributed by atoms with Crippen LogP contribution in [0.5, 0.6) is 0 Å². The molecule has 0 saturated carbocycles.